The van der Waals surface area contributed by atoms with Gasteiger partial charge in [-0.3, -0.25) is 19.2 Å². The molecule has 1 aliphatic rings. The van der Waals surface area contributed by atoms with Crippen LogP contribution < -0.4 is 15.5 Å². The lowest BCUT2D eigenvalue weighted by molar-refractivity contribution is -0.146. The first kappa shape index (κ1) is 21.0. The number of para-hydroxylation sites is 2. The first-order chi connectivity index (χ1) is 14.3. The van der Waals surface area contributed by atoms with Crippen molar-refractivity contribution >= 4 is 35.1 Å². The predicted octanol–water partition coefficient (Wildman–Crippen LogP) is 2.03. The molecule has 0 radical (unpaired) electrons. The molecule has 0 aliphatic carbocycles. The van der Waals surface area contributed by atoms with Gasteiger partial charge in [0.15, 0.2) is 6.61 Å². The van der Waals surface area contributed by atoms with Crippen LogP contribution in [0.25, 0.3) is 0 Å². The Morgan fingerprint density at radius 1 is 1.17 bits per heavy atom. The minimum atomic E-state index is -0.727. The van der Waals surface area contributed by atoms with Crippen molar-refractivity contribution in [1.82, 2.24) is 5.32 Å². The molecule has 0 spiro atoms. The van der Waals surface area contributed by atoms with Gasteiger partial charge in [-0.2, -0.15) is 0 Å². The number of nitrogens with zero attached hydrogens (tertiary/aromatic N) is 1. The predicted molar refractivity (Wildman–Crippen MR) is 111 cm³/mol. The highest BCUT2D eigenvalue weighted by Gasteiger charge is 2.30. The Labute approximate surface area is 174 Å². The summed E-state index contributed by atoms with van der Waals surface area (Å²) in [5.74, 6) is -1.78. The van der Waals surface area contributed by atoms with E-state index in [1.165, 1.54) is 4.90 Å². The van der Waals surface area contributed by atoms with Crippen molar-refractivity contribution in [3.8, 4) is 0 Å². The first-order valence-corrected chi connectivity index (χ1v) is 9.56. The zero-order valence-electron chi connectivity index (χ0n) is 16.8. The van der Waals surface area contributed by atoms with E-state index in [9.17, 15) is 19.2 Å². The molecule has 0 bridgehead atoms. The fourth-order valence-electron chi connectivity index (χ4n) is 3.27. The topological polar surface area (TPSA) is 105 Å². The molecule has 156 valence electrons. The highest BCUT2D eigenvalue weighted by molar-refractivity contribution is 6.05. The summed E-state index contributed by atoms with van der Waals surface area (Å²) >= 11 is 0. The summed E-state index contributed by atoms with van der Waals surface area (Å²) in [6.07, 6.45) is 0.126. The maximum Gasteiger partial charge on any atom is 0.325 e. The minimum absolute atomic E-state index is 0.126. The highest BCUT2D eigenvalue weighted by atomic mass is 16.5. The molecule has 0 aromatic heterocycles. The fourth-order valence-corrected chi connectivity index (χ4v) is 3.27. The summed E-state index contributed by atoms with van der Waals surface area (Å²) in [4.78, 5) is 50.3. The smallest absolute Gasteiger partial charge is 0.325 e. The number of fused-ring (bicyclic) bond motifs is 1. The Bertz CT molecular complexity index is 988. The molecule has 30 heavy (non-hydrogen) atoms. The van der Waals surface area contributed by atoms with Crippen LogP contribution in [0.2, 0.25) is 0 Å². The van der Waals surface area contributed by atoms with Gasteiger partial charge in [0.25, 0.3) is 11.8 Å². The van der Waals surface area contributed by atoms with Gasteiger partial charge in [-0.05, 0) is 38.1 Å². The van der Waals surface area contributed by atoms with Gasteiger partial charge in [0.1, 0.15) is 6.54 Å². The Hall–Kier alpha value is -3.68. The Morgan fingerprint density at radius 3 is 2.70 bits per heavy atom. The van der Waals surface area contributed by atoms with Crippen LogP contribution >= 0.6 is 0 Å². The molecular formula is C22H23N3O5. The van der Waals surface area contributed by atoms with Gasteiger partial charge in [-0.1, -0.05) is 29.8 Å². The van der Waals surface area contributed by atoms with Gasteiger partial charge in [0, 0.05) is 18.0 Å². The Balaban J connectivity index is 1.57. The van der Waals surface area contributed by atoms with Crippen molar-refractivity contribution in [3.05, 3.63) is 59.7 Å². The van der Waals surface area contributed by atoms with Gasteiger partial charge >= 0.3 is 5.97 Å². The number of nitrogens with one attached hydrogen (secondary N) is 2. The molecule has 1 aliphatic heterocycles. The van der Waals surface area contributed by atoms with E-state index < -0.39 is 30.4 Å². The van der Waals surface area contributed by atoms with E-state index >= 15 is 0 Å². The lowest BCUT2D eigenvalue weighted by atomic mass is 10.1. The number of anilines is 2. The van der Waals surface area contributed by atoms with Crippen molar-refractivity contribution in [2.24, 2.45) is 0 Å². The number of aryl methyl sites for hydroxylation is 1. The Morgan fingerprint density at radius 2 is 1.93 bits per heavy atom. The second-order valence-electron chi connectivity index (χ2n) is 7.10. The molecule has 2 aromatic rings. The van der Waals surface area contributed by atoms with Crippen LogP contribution in [0, 0.1) is 6.92 Å². The van der Waals surface area contributed by atoms with Crippen LogP contribution in [0.15, 0.2) is 48.5 Å². The molecule has 0 fully saturated rings. The largest absolute Gasteiger partial charge is 0.454 e. The fraction of sp³-hybridized carbons (Fsp3) is 0.273. The number of ether oxygens (including phenoxy) is 1. The number of carbonyl (C=O) groups is 4. The van der Waals surface area contributed by atoms with Crippen molar-refractivity contribution in [3.63, 3.8) is 0 Å². The number of benzene rings is 2. The number of rotatable bonds is 5. The van der Waals surface area contributed by atoms with E-state index in [0.29, 0.717) is 16.9 Å². The zero-order valence-corrected chi connectivity index (χ0v) is 16.8. The first-order valence-electron chi connectivity index (χ1n) is 9.56. The monoisotopic (exact) mass is 409 g/mol. The van der Waals surface area contributed by atoms with Crippen molar-refractivity contribution in [2.45, 2.75) is 26.3 Å². The number of carbonyl (C=O) groups excluding carboxylic acids is 4. The zero-order chi connectivity index (χ0) is 21.7. The normalized spacial score (nSPS) is 15.5. The summed E-state index contributed by atoms with van der Waals surface area (Å²) in [5, 5.41) is 5.24. The second kappa shape index (κ2) is 9.21. The summed E-state index contributed by atoms with van der Waals surface area (Å²) in [6.45, 7) is 2.77. The summed E-state index contributed by atoms with van der Waals surface area (Å²) < 4.78 is 5.05. The van der Waals surface area contributed by atoms with Gasteiger partial charge in [-0.15, -0.1) is 0 Å². The third kappa shape index (κ3) is 5.02. The van der Waals surface area contributed by atoms with Gasteiger partial charge in [0.05, 0.1) is 11.4 Å². The lowest BCUT2D eigenvalue weighted by Crippen LogP contribution is -2.42. The summed E-state index contributed by atoms with van der Waals surface area (Å²) in [6, 6.07) is 13.5. The molecule has 0 saturated heterocycles. The van der Waals surface area contributed by atoms with Crippen LogP contribution in [-0.4, -0.2) is 42.9 Å². The molecular weight excluding hydrogens is 386 g/mol. The lowest BCUT2D eigenvalue weighted by Gasteiger charge is -2.27. The highest BCUT2D eigenvalue weighted by Crippen LogP contribution is 2.31. The third-order valence-corrected chi connectivity index (χ3v) is 4.66. The number of esters is 1. The van der Waals surface area contributed by atoms with Gasteiger partial charge < -0.3 is 20.3 Å². The number of hydrogen-bond acceptors (Lipinski definition) is 5. The van der Waals surface area contributed by atoms with Crippen LogP contribution in [0.4, 0.5) is 11.4 Å². The van der Waals surface area contributed by atoms with Gasteiger partial charge in [-0.25, -0.2) is 0 Å². The van der Waals surface area contributed by atoms with E-state index in [-0.39, 0.29) is 18.9 Å². The molecule has 3 rings (SSSR count). The van der Waals surface area contributed by atoms with Crippen LogP contribution in [0.1, 0.15) is 29.3 Å². The van der Waals surface area contributed by atoms with E-state index in [1.807, 2.05) is 13.0 Å². The summed E-state index contributed by atoms with van der Waals surface area (Å²) in [5.41, 5.74) is 2.43. The molecule has 1 atom stereocenters. The molecule has 8 heteroatoms. The van der Waals surface area contributed by atoms with Crippen LogP contribution in [-0.2, 0) is 19.1 Å². The van der Waals surface area contributed by atoms with E-state index in [2.05, 4.69) is 10.6 Å². The molecule has 3 amide bonds. The Kier molecular flexibility index (Phi) is 6.46. The number of amides is 3. The van der Waals surface area contributed by atoms with E-state index in [0.717, 1.165) is 5.56 Å². The SMILES string of the molecule is Cc1cccc(C(=O)NCC(=O)OCC(=O)N2c3ccccc3NC(=O)C[C@H]2C)c1. The van der Waals surface area contributed by atoms with Gasteiger partial charge in [0.2, 0.25) is 5.91 Å². The maximum absolute atomic E-state index is 12.8. The standard InChI is InChI=1S/C22H23N3O5/c1-14-6-5-7-16(10-14)22(29)23-12-21(28)30-13-20(27)25-15(2)11-19(26)24-17-8-3-4-9-18(17)25/h3-10,15H,11-13H2,1-2H3,(H,23,29)(H,24,26)/t15-/m1/s1. The molecule has 2 N–H and O–H groups in total. The van der Waals surface area contributed by atoms with E-state index in [4.69, 9.17) is 4.74 Å². The van der Waals surface area contributed by atoms with E-state index in [1.54, 1.807) is 49.4 Å². The van der Waals surface area contributed by atoms with Crippen LogP contribution in [0.3, 0.4) is 0 Å². The molecule has 0 saturated carbocycles. The average Bonchev–Trinajstić information content (AvgIpc) is 2.84. The van der Waals surface area contributed by atoms with Crippen LogP contribution in [0.5, 0.6) is 0 Å². The molecule has 8 nitrogen and oxygen atoms in total. The molecule has 2 aromatic carbocycles. The third-order valence-electron chi connectivity index (χ3n) is 4.66. The minimum Gasteiger partial charge on any atom is -0.454 e. The molecule has 0 unspecified atom stereocenters. The summed E-state index contributed by atoms with van der Waals surface area (Å²) in [7, 11) is 0. The number of hydrogen-bond donors (Lipinski definition) is 2. The van der Waals surface area contributed by atoms with Crippen molar-refractivity contribution in [2.75, 3.05) is 23.4 Å². The quantitative estimate of drug-likeness (QED) is 0.736. The van der Waals surface area contributed by atoms with Crippen molar-refractivity contribution in [1.29, 1.82) is 0 Å². The average molecular weight is 409 g/mol. The second-order valence-corrected chi connectivity index (χ2v) is 7.10. The molecule has 1 heterocycles. The maximum atomic E-state index is 12.8. The van der Waals surface area contributed by atoms with Crippen molar-refractivity contribution < 1.29 is 23.9 Å².